The Bertz CT molecular complexity index is 1220. The van der Waals surface area contributed by atoms with E-state index in [9.17, 15) is 18.0 Å². The Morgan fingerprint density at radius 3 is 2.35 bits per heavy atom. The van der Waals surface area contributed by atoms with Gasteiger partial charge in [-0.05, 0) is 35.2 Å². The van der Waals surface area contributed by atoms with Crippen molar-refractivity contribution < 1.29 is 13.2 Å². The van der Waals surface area contributed by atoms with Gasteiger partial charge in [-0.25, -0.2) is 22.9 Å². The van der Waals surface area contributed by atoms with Crippen LogP contribution in [0.1, 0.15) is 26.3 Å². The average Bonchev–Trinajstić information content (AvgIpc) is 2.99. The highest BCUT2D eigenvalue weighted by atomic mass is 19.3. The Kier molecular flexibility index (Phi) is 6.87. The molecular weight excluding hydrogens is 443 g/mol. The van der Waals surface area contributed by atoms with Crippen LogP contribution in [0.2, 0.25) is 0 Å². The molecule has 0 saturated carbocycles. The lowest BCUT2D eigenvalue weighted by Gasteiger charge is -2.34. The second-order valence-electron chi connectivity index (χ2n) is 10.3. The molecule has 1 aliphatic heterocycles. The van der Waals surface area contributed by atoms with Gasteiger partial charge in [0.1, 0.15) is 5.82 Å². The van der Waals surface area contributed by atoms with E-state index >= 15 is 0 Å². The Labute approximate surface area is 197 Å². The Morgan fingerprint density at radius 2 is 1.71 bits per heavy atom. The number of piperazine rings is 1. The molecule has 0 atom stereocenters. The molecule has 9 heteroatoms. The molecule has 0 N–H and O–H groups in total. The van der Waals surface area contributed by atoms with Crippen LogP contribution in [-0.2, 0) is 20.1 Å². The van der Waals surface area contributed by atoms with Crippen LogP contribution in [0.5, 0.6) is 0 Å². The van der Waals surface area contributed by atoms with Crippen molar-refractivity contribution >= 4 is 11.2 Å². The molecular formula is C25H32F3N5O. The van der Waals surface area contributed by atoms with Crippen molar-refractivity contribution in [3.63, 3.8) is 0 Å². The number of aromatic nitrogens is 3. The second kappa shape index (κ2) is 9.54. The number of hydrogen-bond acceptors (Lipinski definition) is 4. The summed E-state index contributed by atoms with van der Waals surface area (Å²) in [6, 6.07) is 8.57. The van der Waals surface area contributed by atoms with Crippen LogP contribution in [0.25, 0.3) is 22.4 Å². The van der Waals surface area contributed by atoms with E-state index in [1.54, 1.807) is 34.7 Å². The van der Waals surface area contributed by atoms with Gasteiger partial charge in [0.05, 0.1) is 17.8 Å². The predicted octanol–water partition coefficient (Wildman–Crippen LogP) is 3.97. The van der Waals surface area contributed by atoms with E-state index in [2.05, 4.69) is 30.7 Å². The van der Waals surface area contributed by atoms with Crippen LogP contribution in [-0.4, -0.2) is 63.1 Å². The molecule has 3 heterocycles. The summed E-state index contributed by atoms with van der Waals surface area (Å²) < 4.78 is 43.2. The summed E-state index contributed by atoms with van der Waals surface area (Å²) in [6.45, 7) is 9.74. The summed E-state index contributed by atoms with van der Waals surface area (Å²) in [5, 5.41) is 0. The molecule has 0 radical (unpaired) electrons. The van der Waals surface area contributed by atoms with Crippen molar-refractivity contribution in [3.05, 3.63) is 52.2 Å². The highest BCUT2D eigenvalue weighted by Gasteiger charge is 2.21. The van der Waals surface area contributed by atoms with Gasteiger partial charge < -0.3 is 0 Å². The van der Waals surface area contributed by atoms with Gasteiger partial charge in [-0.15, -0.1) is 0 Å². The fraction of sp³-hybridized carbons (Fsp3) is 0.520. The van der Waals surface area contributed by atoms with Gasteiger partial charge in [-0.2, -0.15) is 0 Å². The summed E-state index contributed by atoms with van der Waals surface area (Å²) in [6.07, 6.45) is -2.32. The minimum Gasteiger partial charge on any atom is -0.297 e. The number of fused-ring (bicyclic) bond motifs is 1. The lowest BCUT2D eigenvalue weighted by molar-refractivity contribution is 0.0543. The first-order chi connectivity index (χ1) is 16.0. The third-order valence-electron chi connectivity index (χ3n) is 6.19. The highest BCUT2D eigenvalue weighted by molar-refractivity contribution is 5.76. The van der Waals surface area contributed by atoms with Gasteiger partial charge in [0.15, 0.2) is 5.65 Å². The number of imidazole rings is 1. The van der Waals surface area contributed by atoms with Crippen molar-refractivity contribution in [1.82, 2.24) is 23.9 Å². The van der Waals surface area contributed by atoms with Crippen LogP contribution in [0, 0.1) is 11.2 Å². The van der Waals surface area contributed by atoms with Gasteiger partial charge in [-0.3, -0.25) is 18.9 Å². The second-order valence-corrected chi connectivity index (χ2v) is 10.3. The van der Waals surface area contributed by atoms with Gasteiger partial charge in [0.2, 0.25) is 0 Å². The van der Waals surface area contributed by atoms with Crippen molar-refractivity contribution in [2.75, 3.05) is 32.7 Å². The number of aryl methyl sites for hydroxylation is 1. The predicted molar refractivity (Wildman–Crippen MR) is 128 cm³/mol. The Hall–Kier alpha value is -2.65. The molecule has 0 unspecified atom stereocenters. The van der Waals surface area contributed by atoms with Crippen molar-refractivity contribution in [1.29, 1.82) is 0 Å². The number of hydrogen-bond donors (Lipinski definition) is 0. The molecule has 1 saturated heterocycles. The first-order valence-corrected chi connectivity index (χ1v) is 11.6. The molecule has 1 fully saturated rings. The fourth-order valence-electron chi connectivity index (χ4n) is 4.50. The summed E-state index contributed by atoms with van der Waals surface area (Å²) in [7, 11) is 1.68. The van der Waals surface area contributed by atoms with Gasteiger partial charge in [0, 0.05) is 51.9 Å². The van der Waals surface area contributed by atoms with Gasteiger partial charge in [0.25, 0.3) is 6.43 Å². The Balaban J connectivity index is 1.58. The topological polar surface area (TPSA) is 46.3 Å². The van der Waals surface area contributed by atoms with E-state index in [1.807, 2.05) is 6.07 Å². The summed E-state index contributed by atoms with van der Waals surface area (Å²) >= 11 is 0. The van der Waals surface area contributed by atoms with Crippen LogP contribution in [0.3, 0.4) is 0 Å². The number of pyridine rings is 1. The average molecular weight is 476 g/mol. The first-order valence-electron chi connectivity index (χ1n) is 11.6. The van der Waals surface area contributed by atoms with Gasteiger partial charge in [-0.1, -0.05) is 26.8 Å². The molecule has 4 rings (SSSR count). The molecule has 0 bridgehead atoms. The Morgan fingerprint density at radius 1 is 1.03 bits per heavy atom. The third-order valence-corrected chi connectivity index (χ3v) is 6.19. The molecule has 0 spiro atoms. The number of rotatable bonds is 6. The van der Waals surface area contributed by atoms with E-state index in [-0.39, 0.29) is 23.5 Å². The quantitative estimate of drug-likeness (QED) is 0.541. The highest BCUT2D eigenvalue weighted by Crippen LogP contribution is 2.26. The maximum Gasteiger partial charge on any atom is 0.330 e. The van der Waals surface area contributed by atoms with Crippen molar-refractivity contribution in [2.24, 2.45) is 12.5 Å². The number of halogens is 3. The van der Waals surface area contributed by atoms with Crippen LogP contribution in [0.4, 0.5) is 13.2 Å². The monoisotopic (exact) mass is 475 g/mol. The molecule has 184 valence electrons. The van der Waals surface area contributed by atoms with Crippen LogP contribution >= 0.6 is 0 Å². The molecule has 0 amide bonds. The van der Waals surface area contributed by atoms with Gasteiger partial charge >= 0.3 is 5.69 Å². The first kappa shape index (κ1) is 24.5. The zero-order valence-electron chi connectivity index (χ0n) is 20.2. The zero-order chi connectivity index (χ0) is 24.6. The SMILES string of the molecule is Cn1c(=O)n(CC(C)(C)C)c2ccc(-c3cc(CN4CCN(CC(F)F)CC4)ccc3F)nc21. The molecule has 6 nitrogen and oxygen atoms in total. The summed E-state index contributed by atoms with van der Waals surface area (Å²) in [5.74, 6) is -0.378. The van der Waals surface area contributed by atoms with E-state index in [0.29, 0.717) is 56.2 Å². The molecule has 1 aliphatic rings. The molecule has 0 aliphatic carbocycles. The number of alkyl halides is 2. The smallest absolute Gasteiger partial charge is 0.297 e. The van der Waals surface area contributed by atoms with E-state index in [4.69, 9.17) is 0 Å². The summed E-state index contributed by atoms with van der Waals surface area (Å²) in [4.78, 5) is 21.4. The largest absolute Gasteiger partial charge is 0.330 e. The lowest BCUT2D eigenvalue weighted by Crippen LogP contribution is -2.47. The number of benzene rings is 1. The normalized spacial score (nSPS) is 16.1. The molecule has 34 heavy (non-hydrogen) atoms. The van der Waals surface area contributed by atoms with Crippen molar-refractivity contribution in [3.8, 4) is 11.3 Å². The lowest BCUT2D eigenvalue weighted by atomic mass is 9.97. The van der Waals surface area contributed by atoms with Crippen LogP contribution in [0.15, 0.2) is 35.1 Å². The van der Waals surface area contributed by atoms with Crippen molar-refractivity contribution in [2.45, 2.75) is 40.3 Å². The van der Waals surface area contributed by atoms with E-state index in [0.717, 1.165) is 11.1 Å². The third kappa shape index (κ3) is 5.36. The van der Waals surface area contributed by atoms with Crippen LogP contribution < -0.4 is 5.69 Å². The molecule has 2 aromatic heterocycles. The molecule has 1 aromatic carbocycles. The minimum absolute atomic E-state index is 0.0812. The zero-order valence-corrected chi connectivity index (χ0v) is 20.2. The van der Waals surface area contributed by atoms with E-state index in [1.165, 1.54) is 10.6 Å². The molecule has 3 aromatic rings. The number of nitrogens with zero attached hydrogens (tertiary/aromatic N) is 5. The fourth-order valence-corrected chi connectivity index (χ4v) is 4.50. The standard InChI is InChI=1S/C25H32F3N5O/c1-25(2,3)16-33-21-8-7-20(29-23(21)30(4)24(33)34)18-13-17(5-6-19(18)26)14-31-9-11-32(12-10-31)15-22(27)28/h5-8,13,22H,9-12,14-16H2,1-4H3. The maximum absolute atomic E-state index is 14.8. The summed E-state index contributed by atoms with van der Waals surface area (Å²) in [5.41, 5.74) is 2.80. The van der Waals surface area contributed by atoms with E-state index < -0.39 is 6.43 Å². The maximum atomic E-state index is 14.8. The minimum atomic E-state index is -2.32.